The van der Waals surface area contributed by atoms with E-state index in [-0.39, 0.29) is 5.41 Å². The molecule has 0 amide bonds. The fourth-order valence-electron chi connectivity index (χ4n) is 8.46. The van der Waals surface area contributed by atoms with Crippen molar-refractivity contribution in [3.05, 3.63) is 214 Å². The van der Waals surface area contributed by atoms with Crippen LogP contribution >= 0.6 is 23.1 Å². The Morgan fingerprint density at radius 1 is 0.852 bits per heavy atom. The van der Waals surface area contributed by atoms with Crippen molar-refractivity contribution in [2.75, 3.05) is 11.2 Å². The van der Waals surface area contributed by atoms with Crippen molar-refractivity contribution in [3.8, 4) is 0 Å². The molecule has 4 aliphatic rings. The van der Waals surface area contributed by atoms with Crippen molar-refractivity contribution in [2.24, 2.45) is 5.92 Å². The van der Waals surface area contributed by atoms with E-state index in [1.54, 1.807) is 0 Å². The van der Waals surface area contributed by atoms with Crippen LogP contribution in [0, 0.1) is 5.92 Å². The number of hydrogen-bond donors (Lipinski definition) is 0. The molecule has 0 aliphatic heterocycles. The molecule has 2 atom stereocenters. The van der Waals surface area contributed by atoms with Gasteiger partial charge in [0.25, 0.3) is 0 Å². The van der Waals surface area contributed by atoms with E-state index in [0.717, 1.165) is 32.1 Å². The summed E-state index contributed by atoms with van der Waals surface area (Å²) in [6, 6.07) is 33.3. The van der Waals surface area contributed by atoms with E-state index in [4.69, 9.17) is 0 Å². The average molecular weight is 738 g/mol. The predicted octanol–water partition coefficient (Wildman–Crippen LogP) is 14.7. The van der Waals surface area contributed by atoms with Gasteiger partial charge in [-0.3, -0.25) is 0 Å². The summed E-state index contributed by atoms with van der Waals surface area (Å²) in [6.07, 6.45) is 41.7. The number of para-hydroxylation sites is 2. The van der Waals surface area contributed by atoms with E-state index >= 15 is 0 Å². The van der Waals surface area contributed by atoms with Crippen molar-refractivity contribution in [2.45, 2.75) is 44.4 Å². The highest BCUT2D eigenvalue weighted by molar-refractivity contribution is 8.07. The average Bonchev–Trinajstić information content (AvgIpc) is 3.57. The second-order valence-corrected chi connectivity index (χ2v) is 16.4. The first kappa shape index (κ1) is 35.9. The first-order valence-electron chi connectivity index (χ1n) is 19.1. The summed E-state index contributed by atoms with van der Waals surface area (Å²) < 4.78 is 0. The van der Waals surface area contributed by atoms with Crippen LogP contribution in [0.3, 0.4) is 0 Å². The first-order valence-corrected chi connectivity index (χ1v) is 21.2. The molecular weight excluding hydrogens is 691 g/mol. The highest BCUT2D eigenvalue weighted by Gasteiger charge is 2.44. The van der Waals surface area contributed by atoms with Gasteiger partial charge in [-0.15, -0.1) is 23.1 Å². The number of allylic oxidation sites excluding steroid dienone is 17. The monoisotopic (exact) mass is 737 g/mol. The summed E-state index contributed by atoms with van der Waals surface area (Å²) in [4.78, 5) is 6.30. The van der Waals surface area contributed by atoms with Gasteiger partial charge in [0, 0.05) is 37.1 Å². The van der Waals surface area contributed by atoms with Gasteiger partial charge in [-0.2, -0.15) is 0 Å². The molecule has 268 valence electrons. The standard InChI is InChI=1S/C51H47NS2/c1-38-41-20-11-5-6-16-35-51(37-41,42-28-30-45(31-29-42)52(43-21-12-7-13-22-43)44-23-14-8-15-24-44)48-36-40(27-33-47(38)48)49(53-2)26-17-25-46-32-34-50(54-46)39-18-9-3-4-10-19-39/h3-15,17-18,20-28,30-34,36,42H,16,19,29,35,37H2,1-2H3/b6-5-,20-11-,25-17+,49-26-. The Bertz CT molecular complexity index is 2260. The van der Waals surface area contributed by atoms with Crippen LogP contribution in [0.25, 0.3) is 22.1 Å². The molecule has 4 aromatic rings. The summed E-state index contributed by atoms with van der Waals surface area (Å²) in [5, 5.41) is 0. The third-order valence-electron chi connectivity index (χ3n) is 11.3. The fourth-order valence-corrected chi connectivity index (χ4v) is 9.99. The van der Waals surface area contributed by atoms with Gasteiger partial charge < -0.3 is 4.90 Å². The quantitative estimate of drug-likeness (QED) is 0.157. The lowest BCUT2D eigenvalue weighted by molar-refractivity contribution is 0.289. The van der Waals surface area contributed by atoms with Crippen LogP contribution in [-0.2, 0) is 5.41 Å². The minimum Gasteiger partial charge on any atom is -0.311 e. The maximum Gasteiger partial charge on any atom is 0.0461 e. The zero-order chi connectivity index (χ0) is 36.7. The zero-order valence-corrected chi connectivity index (χ0v) is 32.8. The van der Waals surface area contributed by atoms with E-state index in [1.807, 2.05) is 23.1 Å². The van der Waals surface area contributed by atoms with Gasteiger partial charge in [-0.25, -0.2) is 0 Å². The molecule has 4 aliphatic carbocycles. The molecular formula is C51H47NS2. The van der Waals surface area contributed by atoms with Crippen LogP contribution in [0.15, 0.2) is 187 Å². The molecule has 2 bridgehead atoms. The first-order chi connectivity index (χ1) is 26.6. The van der Waals surface area contributed by atoms with Crippen LogP contribution < -0.4 is 4.90 Å². The van der Waals surface area contributed by atoms with Crippen LogP contribution in [0.5, 0.6) is 0 Å². The molecule has 0 spiro atoms. The number of rotatable bonds is 9. The minimum absolute atomic E-state index is 0.0220. The van der Waals surface area contributed by atoms with Gasteiger partial charge in [0.05, 0.1) is 0 Å². The summed E-state index contributed by atoms with van der Waals surface area (Å²) in [6.45, 7) is 2.33. The number of nitrogens with zero attached hydrogens (tertiary/aromatic N) is 1. The number of hydrogen-bond acceptors (Lipinski definition) is 3. The molecule has 0 radical (unpaired) electrons. The third kappa shape index (κ3) is 7.49. The summed E-state index contributed by atoms with van der Waals surface area (Å²) in [7, 11) is 0. The lowest BCUT2D eigenvalue weighted by Crippen LogP contribution is -2.38. The van der Waals surface area contributed by atoms with E-state index in [1.165, 1.54) is 65.1 Å². The van der Waals surface area contributed by atoms with Crippen LogP contribution in [-0.4, -0.2) is 6.26 Å². The van der Waals surface area contributed by atoms with Crippen molar-refractivity contribution in [1.29, 1.82) is 0 Å². The summed E-state index contributed by atoms with van der Waals surface area (Å²) in [5.74, 6) is 0.371. The third-order valence-corrected chi connectivity index (χ3v) is 13.2. The van der Waals surface area contributed by atoms with Crippen molar-refractivity contribution in [3.63, 3.8) is 0 Å². The topological polar surface area (TPSA) is 3.24 Å². The van der Waals surface area contributed by atoms with Gasteiger partial charge >= 0.3 is 0 Å². The van der Waals surface area contributed by atoms with E-state index in [0.29, 0.717) is 5.92 Å². The Kier molecular flexibility index (Phi) is 11.0. The predicted molar refractivity (Wildman–Crippen MR) is 239 cm³/mol. The van der Waals surface area contributed by atoms with Gasteiger partial charge in [0.1, 0.15) is 0 Å². The van der Waals surface area contributed by atoms with Gasteiger partial charge in [-0.1, -0.05) is 121 Å². The highest BCUT2D eigenvalue weighted by atomic mass is 32.2. The second kappa shape index (κ2) is 16.5. The van der Waals surface area contributed by atoms with Gasteiger partial charge in [-0.05, 0) is 145 Å². The molecule has 54 heavy (non-hydrogen) atoms. The molecule has 8 rings (SSSR count). The largest absolute Gasteiger partial charge is 0.311 e. The van der Waals surface area contributed by atoms with Gasteiger partial charge in [0.15, 0.2) is 0 Å². The number of fused-ring (bicyclic) bond motifs is 4. The number of thioether (sulfide) groups is 1. The Labute approximate surface area is 330 Å². The Hall–Kier alpha value is -5.09. The van der Waals surface area contributed by atoms with E-state index in [9.17, 15) is 0 Å². The zero-order valence-electron chi connectivity index (χ0n) is 31.2. The summed E-state index contributed by atoms with van der Waals surface area (Å²) in [5.41, 5.74) is 12.0. The van der Waals surface area contributed by atoms with Crippen molar-refractivity contribution < 1.29 is 0 Å². The summed E-state index contributed by atoms with van der Waals surface area (Å²) >= 11 is 3.70. The molecule has 0 N–H and O–H groups in total. The number of anilines is 2. The van der Waals surface area contributed by atoms with Gasteiger partial charge in [0.2, 0.25) is 0 Å². The molecule has 3 aromatic carbocycles. The van der Waals surface area contributed by atoms with Crippen LogP contribution in [0.4, 0.5) is 11.4 Å². The molecule has 0 saturated carbocycles. The molecule has 1 nitrogen and oxygen atoms in total. The SMILES string of the molecule is CS/C(=C\C=C\c1ccc(C2=CC=CC=CC2)s1)c1ccc2c(c1)C1(C3C=CC(N(c4ccccc4)c4ccccc4)=CC3)CC/C=C\C=C/C(=C2C)C1. The van der Waals surface area contributed by atoms with E-state index in [2.05, 4.69) is 200 Å². The molecule has 0 fully saturated rings. The van der Waals surface area contributed by atoms with Crippen LogP contribution in [0.2, 0.25) is 0 Å². The Morgan fingerprint density at radius 3 is 2.41 bits per heavy atom. The molecule has 2 unspecified atom stereocenters. The molecule has 0 saturated heterocycles. The minimum atomic E-state index is -0.0220. The Morgan fingerprint density at radius 2 is 1.65 bits per heavy atom. The molecule has 1 aromatic heterocycles. The maximum absolute atomic E-state index is 2.55. The lowest BCUT2D eigenvalue weighted by atomic mass is 9.58. The second-order valence-electron chi connectivity index (χ2n) is 14.4. The van der Waals surface area contributed by atoms with Crippen molar-refractivity contribution in [1.82, 2.24) is 0 Å². The normalized spacial score (nSPS) is 22.1. The van der Waals surface area contributed by atoms with Crippen molar-refractivity contribution >= 4 is 56.6 Å². The smallest absolute Gasteiger partial charge is 0.0461 e. The van der Waals surface area contributed by atoms with Crippen LogP contribution in [0.1, 0.15) is 65.5 Å². The number of benzene rings is 3. The fraction of sp³-hybridized carbons (Fsp3) is 0.176. The highest BCUT2D eigenvalue weighted by Crippen LogP contribution is 2.54. The Balaban J connectivity index is 1.13. The molecule has 3 heteroatoms. The lowest BCUT2D eigenvalue weighted by Gasteiger charge is -2.46. The number of thiophene rings is 1. The van der Waals surface area contributed by atoms with E-state index < -0.39 is 0 Å². The molecule has 1 heterocycles. The maximum atomic E-state index is 2.55.